The maximum atomic E-state index is 10.4. The second kappa shape index (κ2) is 6.92. The number of aryl methyl sites for hydroxylation is 1. The maximum absolute atomic E-state index is 10.4. The third-order valence-corrected chi connectivity index (χ3v) is 4.11. The van der Waals surface area contributed by atoms with Crippen LogP contribution < -0.4 is 10.1 Å². The predicted octanol–water partition coefficient (Wildman–Crippen LogP) is 2.16. The molecular weight excluding hydrogens is 238 g/mol. The molecule has 3 nitrogen and oxygen atoms in total. The topological polar surface area (TPSA) is 41.5 Å². The molecule has 0 spiro atoms. The minimum atomic E-state index is -0.261. The van der Waals surface area contributed by atoms with Gasteiger partial charge in [-0.25, -0.2) is 0 Å². The van der Waals surface area contributed by atoms with Crippen molar-refractivity contribution in [1.29, 1.82) is 0 Å². The Labute approximate surface area is 116 Å². The molecule has 1 aliphatic heterocycles. The number of piperidine rings is 1. The van der Waals surface area contributed by atoms with E-state index in [1.807, 2.05) is 6.07 Å². The molecular formula is C16H25NO2. The van der Waals surface area contributed by atoms with Crippen molar-refractivity contribution >= 4 is 0 Å². The van der Waals surface area contributed by atoms with Gasteiger partial charge in [0.05, 0.1) is 13.2 Å². The molecule has 2 N–H and O–H groups in total. The number of ether oxygens (including phenoxy) is 1. The van der Waals surface area contributed by atoms with Gasteiger partial charge in [-0.1, -0.05) is 19.1 Å². The molecule has 1 saturated heterocycles. The summed E-state index contributed by atoms with van der Waals surface area (Å²) in [6, 6.07) is 6.28. The average Bonchev–Trinajstić information content (AvgIpc) is 2.48. The van der Waals surface area contributed by atoms with Crippen LogP contribution in [0.3, 0.4) is 0 Å². The molecule has 19 heavy (non-hydrogen) atoms. The predicted molar refractivity (Wildman–Crippen MR) is 77.7 cm³/mol. The lowest BCUT2D eigenvalue weighted by atomic mass is 9.88. The van der Waals surface area contributed by atoms with Crippen molar-refractivity contribution in [3.05, 3.63) is 29.3 Å². The van der Waals surface area contributed by atoms with Gasteiger partial charge in [0.2, 0.25) is 0 Å². The smallest absolute Gasteiger partial charge is 0.122 e. The number of aliphatic hydroxyl groups excluding tert-OH is 1. The Morgan fingerprint density at radius 1 is 1.37 bits per heavy atom. The summed E-state index contributed by atoms with van der Waals surface area (Å²) < 4.78 is 5.41. The summed E-state index contributed by atoms with van der Waals surface area (Å²) in [4.78, 5) is 0. The van der Waals surface area contributed by atoms with E-state index in [1.54, 1.807) is 7.11 Å². The highest BCUT2D eigenvalue weighted by atomic mass is 16.5. The summed E-state index contributed by atoms with van der Waals surface area (Å²) in [5.74, 6) is 1.31. The molecule has 1 atom stereocenters. The minimum Gasteiger partial charge on any atom is -0.496 e. The number of nitrogens with one attached hydrogen (secondary N) is 1. The molecule has 1 aromatic rings. The first-order valence-corrected chi connectivity index (χ1v) is 7.29. The Balaban J connectivity index is 2.07. The van der Waals surface area contributed by atoms with Crippen molar-refractivity contribution in [3.63, 3.8) is 0 Å². The van der Waals surface area contributed by atoms with Gasteiger partial charge in [-0.05, 0) is 55.5 Å². The summed E-state index contributed by atoms with van der Waals surface area (Å²) in [5.41, 5.74) is 2.43. The van der Waals surface area contributed by atoms with Gasteiger partial charge in [-0.3, -0.25) is 0 Å². The van der Waals surface area contributed by atoms with Crippen molar-refractivity contribution in [2.24, 2.45) is 5.92 Å². The Morgan fingerprint density at radius 2 is 2.11 bits per heavy atom. The molecule has 0 bridgehead atoms. The average molecular weight is 263 g/mol. The molecule has 1 heterocycles. The largest absolute Gasteiger partial charge is 0.496 e. The molecule has 3 heteroatoms. The molecule has 0 saturated carbocycles. The first kappa shape index (κ1) is 14.4. The molecule has 0 aliphatic carbocycles. The third kappa shape index (κ3) is 3.71. The summed E-state index contributed by atoms with van der Waals surface area (Å²) in [5, 5.41) is 13.8. The SMILES string of the molecule is CCc1ccc(OC)c(CC(O)C2CCNCC2)c1. The maximum Gasteiger partial charge on any atom is 0.122 e. The van der Waals surface area contributed by atoms with Crippen LogP contribution in [0.15, 0.2) is 18.2 Å². The van der Waals surface area contributed by atoms with Gasteiger partial charge in [0.15, 0.2) is 0 Å². The lowest BCUT2D eigenvalue weighted by Gasteiger charge is -2.27. The summed E-state index contributed by atoms with van der Waals surface area (Å²) >= 11 is 0. The number of aliphatic hydroxyl groups is 1. The van der Waals surface area contributed by atoms with E-state index in [0.29, 0.717) is 12.3 Å². The molecule has 0 radical (unpaired) electrons. The van der Waals surface area contributed by atoms with Crippen molar-refractivity contribution in [1.82, 2.24) is 5.32 Å². The molecule has 1 unspecified atom stereocenters. The lowest BCUT2D eigenvalue weighted by molar-refractivity contribution is 0.0884. The fourth-order valence-electron chi connectivity index (χ4n) is 2.83. The summed E-state index contributed by atoms with van der Waals surface area (Å²) in [6.07, 6.45) is 3.58. The van der Waals surface area contributed by atoms with Crippen LogP contribution in [0.25, 0.3) is 0 Å². The van der Waals surface area contributed by atoms with E-state index >= 15 is 0 Å². The van der Waals surface area contributed by atoms with E-state index in [-0.39, 0.29) is 6.10 Å². The Hall–Kier alpha value is -1.06. The Kier molecular flexibility index (Phi) is 5.23. The van der Waals surface area contributed by atoms with Gasteiger partial charge in [0, 0.05) is 6.42 Å². The first-order valence-electron chi connectivity index (χ1n) is 7.29. The molecule has 2 rings (SSSR count). The first-order chi connectivity index (χ1) is 9.24. The van der Waals surface area contributed by atoms with Gasteiger partial charge in [0.25, 0.3) is 0 Å². The molecule has 0 amide bonds. The van der Waals surface area contributed by atoms with Gasteiger partial charge >= 0.3 is 0 Å². The number of methoxy groups -OCH3 is 1. The van der Waals surface area contributed by atoms with Gasteiger partial charge in [-0.2, -0.15) is 0 Å². The zero-order valence-electron chi connectivity index (χ0n) is 12.0. The van der Waals surface area contributed by atoms with E-state index < -0.39 is 0 Å². The van der Waals surface area contributed by atoms with Crippen molar-refractivity contribution in [3.8, 4) is 5.75 Å². The van der Waals surface area contributed by atoms with Crippen LogP contribution >= 0.6 is 0 Å². The van der Waals surface area contributed by atoms with Crippen LogP contribution in [0.5, 0.6) is 5.75 Å². The molecule has 0 aromatic heterocycles. The van der Waals surface area contributed by atoms with Crippen molar-refractivity contribution in [2.45, 2.75) is 38.7 Å². The van der Waals surface area contributed by atoms with E-state index in [4.69, 9.17) is 4.74 Å². The van der Waals surface area contributed by atoms with Crippen LogP contribution in [0, 0.1) is 5.92 Å². The van der Waals surface area contributed by atoms with Crippen LogP contribution in [-0.2, 0) is 12.8 Å². The monoisotopic (exact) mass is 263 g/mol. The second-order valence-electron chi connectivity index (χ2n) is 5.36. The molecule has 1 aliphatic rings. The number of rotatable bonds is 5. The van der Waals surface area contributed by atoms with Crippen LogP contribution in [-0.4, -0.2) is 31.4 Å². The van der Waals surface area contributed by atoms with E-state index in [2.05, 4.69) is 24.4 Å². The van der Waals surface area contributed by atoms with Crippen LogP contribution in [0.4, 0.5) is 0 Å². The standard InChI is InChI=1S/C16H25NO2/c1-3-12-4-5-16(19-2)14(10-12)11-15(18)13-6-8-17-9-7-13/h4-5,10,13,15,17-18H,3,6-9,11H2,1-2H3. The van der Waals surface area contributed by atoms with E-state index in [9.17, 15) is 5.11 Å². The van der Waals surface area contributed by atoms with Gasteiger partial charge < -0.3 is 15.2 Å². The number of hydrogen-bond acceptors (Lipinski definition) is 3. The molecule has 1 aromatic carbocycles. The number of hydrogen-bond donors (Lipinski definition) is 2. The molecule has 1 fully saturated rings. The zero-order chi connectivity index (χ0) is 13.7. The van der Waals surface area contributed by atoms with E-state index in [1.165, 1.54) is 5.56 Å². The lowest BCUT2D eigenvalue weighted by Crippen LogP contribution is -2.35. The fourth-order valence-corrected chi connectivity index (χ4v) is 2.83. The van der Waals surface area contributed by atoms with Gasteiger partial charge in [0.1, 0.15) is 5.75 Å². The summed E-state index contributed by atoms with van der Waals surface area (Å²) in [6.45, 7) is 4.19. The normalized spacial score (nSPS) is 18.3. The van der Waals surface area contributed by atoms with Gasteiger partial charge in [-0.15, -0.1) is 0 Å². The van der Waals surface area contributed by atoms with Crippen molar-refractivity contribution < 1.29 is 9.84 Å². The Morgan fingerprint density at radius 3 is 2.74 bits per heavy atom. The Bertz CT molecular complexity index is 400. The van der Waals surface area contributed by atoms with E-state index in [0.717, 1.165) is 43.7 Å². The fraction of sp³-hybridized carbons (Fsp3) is 0.625. The highest BCUT2D eigenvalue weighted by Gasteiger charge is 2.22. The highest BCUT2D eigenvalue weighted by molar-refractivity contribution is 5.37. The zero-order valence-corrected chi connectivity index (χ0v) is 12.0. The molecule has 106 valence electrons. The van der Waals surface area contributed by atoms with Crippen LogP contribution in [0.2, 0.25) is 0 Å². The quantitative estimate of drug-likeness (QED) is 0.855. The summed E-state index contributed by atoms with van der Waals surface area (Å²) in [7, 11) is 1.70. The third-order valence-electron chi connectivity index (χ3n) is 4.11. The van der Waals surface area contributed by atoms with Crippen molar-refractivity contribution in [2.75, 3.05) is 20.2 Å². The van der Waals surface area contributed by atoms with Crippen LogP contribution in [0.1, 0.15) is 30.9 Å². The highest BCUT2D eigenvalue weighted by Crippen LogP contribution is 2.26. The minimum absolute atomic E-state index is 0.261. The number of benzene rings is 1. The second-order valence-corrected chi connectivity index (χ2v) is 5.36.